The van der Waals surface area contributed by atoms with Crippen LogP contribution in [0, 0.1) is 0 Å². The molecular weight excluding hydrogens is 232 g/mol. The van der Waals surface area contributed by atoms with Crippen molar-refractivity contribution >= 4 is 5.82 Å². The molecule has 0 spiro atoms. The summed E-state index contributed by atoms with van der Waals surface area (Å²) in [4.78, 5) is 22.0. The van der Waals surface area contributed by atoms with Crippen LogP contribution in [-0.4, -0.2) is 22.1 Å². The SMILES string of the molecule is COc1c(NC(C)c2ccncc2)nc[nH]c1=O. The molecule has 18 heavy (non-hydrogen) atoms. The van der Waals surface area contributed by atoms with Gasteiger partial charge in [-0.25, -0.2) is 4.98 Å². The van der Waals surface area contributed by atoms with Crippen LogP contribution in [0.1, 0.15) is 18.5 Å². The summed E-state index contributed by atoms with van der Waals surface area (Å²) in [6.07, 6.45) is 4.78. The molecule has 2 aromatic rings. The fourth-order valence-corrected chi connectivity index (χ4v) is 1.62. The van der Waals surface area contributed by atoms with Crippen molar-refractivity contribution in [3.05, 3.63) is 46.8 Å². The number of methoxy groups -OCH3 is 1. The first-order valence-corrected chi connectivity index (χ1v) is 5.50. The van der Waals surface area contributed by atoms with E-state index < -0.39 is 0 Å². The van der Waals surface area contributed by atoms with Crippen LogP contribution in [-0.2, 0) is 0 Å². The molecule has 94 valence electrons. The van der Waals surface area contributed by atoms with Crippen molar-refractivity contribution in [3.63, 3.8) is 0 Å². The predicted molar refractivity (Wildman–Crippen MR) is 67.7 cm³/mol. The molecule has 2 rings (SSSR count). The van der Waals surface area contributed by atoms with Crippen LogP contribution in [0.25, 0.3) is 0 Å². The average Bonchev–Trinajstić information content (AvgIpc) is 2.40. The minimum atomic E-state index is -0.308. The summed E-state index contributed by atoms with van der Waals surface area (Å²) in [7, 11) is 1.44. The summed E-state index contributed by atoms with van der Waals surface area (Å²) >= 11 is 0. The van der Waals surface area contributed by atoms with Gasteiger partial charge in [0.2, 0.25) is 5.75 Å². The van der Waals surface area contributed by atoms with Gasteiger partial charge in [-0.2, -0.15) is 0 Å². The molecule has 0 amide bonds. The summed E-state index contributed by atoms with van der Waals surface area (Å²) in [6.45, 7) is 1.97. The molecule has 0 aromatic carbocycles. The molecule has 0 bridgehead atoms. The predicted octanol–water partition coefficient (Wildman–Crippen LogP) is 1.35. The normalized spacial score (nSPS) is 11.9. The minimum absolute atomic E-state index is 0.00352. The molecule has 0 saturated heterocycles. The first-order chi connectivity index (χ1) is 8.72. The zero-order valence-electron chi connectivity index (χ0n) is 10.2. The van der Waals surface area contributed by atoms with E-state index >= 15 is 0 Å². The maximum absolute atomic E-state index is 11.5. The molecule has 6 heteroatoms. The highest BCUT2D eigenvalue weighted by molar-refractivity contribution is 5.49. The molecule has 0 aliphatic heterocycles. The smallest absolute Gasteiger partial charge is 0.295 e. The quantitative estimate of drug-likeness (QED) is 0.851. The van der Waals surface area contributed by atoms with E-state index in [-0.39, 0.29) is 17.4 Å². The largest absolute Gasteiger partial charge is 0.489 e. The molecule has 2 aromatic heterocycles. The zero-order chi connectivity index (χ0) is 13.0. The van der Waals surface area contributed by atoms with Gasteiger partial charge < -0.3 is 15.0 Å². The lowest BCUT2D eigenvalue weighted by Gasteiger charge is -2.15. The molecule has 0 aliphatic carbocycles. The van der Waals surface area contributed by atoms with E-state index in [1.165, 1.54) is 13.4 Å². The fraction of sp³-hybridized carbons (Fsp3) is 0.250. The average molecular weight is 246 g/mol. The highest BCUT2D eigenvalue weighted by Crippen LogP contribution is 2.21. The Bertz CT molecular complexity index is 568. The van der Waals surface area contributed by atoms with Gasteiger partial charge in [0, 0.05) is 12.4 Å². The number of aromatic amines is 1. The molecule has 1 atom stereocenters. The lowest BCUT2D eigenvalue weighted by Crippen LogP contribution is -2.16. The van der Waals surface area contributed by atoms with Crippen molar-refractivity contribution in [1.82, 2.24) is 15.0 Å². The standard InChI is InChI=1S/C12H14N4O2/c1-8(9-3-5-13-6-4-9)16-11-10(18-2)12(17)15-7-14-11/h3-8H,1-2H3,(H2,14,15,16,17). The van der Waals surface area contributed by atoms with Gasteiger partial charge >= 0.3 is 0 Å². The van der Waals surface area contributed by atoms with Gasteiger partial charge in [0.05, 0.1) is 19.5 Å². The molecule has 0 saturated carbocycles. The van der Waals surface area contributed by atoms with Crippen LogP contribution in [0.4, 0.5) is 5.82 Å². The monoisotopic (exact) mass is 246 g/mol. The highest BCUT2D eigenvalue weighted by atomic mass is 16.5. The Balaban J connectivity index is 2.25. The minimum Gasteiger partial charge on any atom is -0.489 e. The number of nitrogens with one attached hydrogen (secondary N) is 2. The number of pyridine rings is 1. The second-order valence-electron chi connectivity index (χ2n) is 3.76. The van der Waals surface area contributed by atoms with Crippen molar-refractivity contribution in [2.75, 3.05) is 12.4 Å². The van der Waals surface area contributed by atoms with Crippen LogP contribution < -0.4 is 15.6 Å². The van der Waals surface area contributed by atoms with E-state index in [1.54, 1.807) is 12.4 Å². The van der Waals surface area contributed by atoms with E-state index in [0.717, 1.165) is 5.56 Å². The van der Waals surface area contributed by atoms with Gasteiger partial charge in [-0.05, 0) is 24.6 Å². The van der Waals surface area contributed by atoms with Crippen molar-refractivity contribution in [3.8, 4) is 5.75 Å². The Morgan fingerprint density at radius 3 is 2.78 bits per heavy atom. The summed E-state index contributed by atoms with van der Waals surface area (Å²) in [5, 5.41) is 3.13. The third-order valence-electron chi connectivity index (χ3n) is 2.57. The highest BCUT2D eigenvalue weighted by Gasteiger charge is 2.12. The fourth-order valence-electron chi connectivity index (χ4n) is 1.62. The summed E-state index contributed by atoms with van der Waals surface area (Å²) in [5.74, 6) is 0.601. The number of anilines is 1. The van der Waals surface area contributed by atoms with Crippen molar-refractivity contribution < 1.29 is 4.74 Å². The van der Waals surface area contributed by atoms with Gasteiger partial charge in [0.15, 0.2) is 5.82 Å². The Morgan fingerprint density at radius 2 is 2.11 bits per heavy atom. The molecule has 2 heterocycles. The molecular formula is C12H14N4O2. The summed E-state index contributed by atoms with van der Waals surface area (Å²) in [5.41, 5.74) is 0.742. The maximum Gasteiger partial charge on any atom is 0.295 e. The van der Waals surface area contributed by atoms with Crippen LogP contribution in [0.15, 0.2) is 35.6 Å². The Hall–Kier alpha value is -2.37. The second kappa shape index (κ2) is 5.31. The number of ether oxygens (including phenoxy) is 1. The topological polar surface area (TPSA) is 79.9 Å². The van der Waals surface area contributed by atoms with Gasteiger partial charge in [-0.3, -0.25) is 9.78 Å². The molecule has 0 aliphatic rings. The van der Waals surface area contributed by atoms with Gasteiger partial charge in [0.25, 0.3) is 5.56 Å². The Labute approximate surface area is 104 Å². The van der Waals surface area contributed by atoms with Gasteiger partial charge in [-0.15, -0.1) is 0 Å². The van der Waals surface area contributed by atoms with Crippen LogP contribution in [0.2, 0.25) is 0 Å². The Kier molecular flexibility index (Phi) is 3.57. The van der Waals surface area contributed by atoms with E-state index in [4.69, 9.17) is 4.74 Å². The molecule has 1 unspecified atom stereocenters. The van der Waals surface area contributed by atoms with E-state index in [1.807, 2.05) is 19.1 Å². The third-order valence-corrected chi connectivity index (χ3v) is 2.57. The van der Waals surface area contributed by atoms with Crippen molar-refractivity contribution in [2.24, 2.45) is 0 Å². The molecule has 0 radical (unpaired) electrons. The number of aromatic nitrogens is 3. The first-order valence-electron chi connectivity index (χ1n) is 5.50. The van der Waals surface area contributed by atoms with Crippen molar-refractivity contribution in [2.45, 2.75) is 13.0 Å². The van der Waals surface area contributed by atoms with E-state index in [0.29, 0.717) is 5.82 Å². The molecule has 2 N–H and O–H groups in total. The van der Waals surface area contributed by atoms with E-state index in [2.05, 4.69) is 20.3 Å². The summed E-state index contributed by atoms with van der Waals surface area (Å²) < 4.78 is 5.03. The number of hydrogen-bond donors (Lipinski definition) is 2. The number of H-pyrrole nitrogens is 1. The number of nitrogens with zero attached hydrogens (tertiary/aromatic N) is 2. The Morgan fingerprint density at radius 1 is 1.39 bits per heavy atom. The molecule has 0 fully saturated rings. The lowest BCUT2D eigenvalue weighted by molar-refractivity contribution is 0.407. The van der Waals surface area contributed by atoms with Gasteiger partial charge in [0.1, 0.15) is 0 Å². The van der Waals surface area contributed by atoms with Crippen molar-refractivity contribution in [1.29, 1.82) is 0 Å². The lowest BCUT2D eigenvalue weighted by atomic mass is 10.1. The van der Waals surface area contributed by atoms with Crippen LogP contribution in [0.3, 0.4) is 0 Å². The van der Waals surface area contributed by atoms with E-state index in [9.17, 15) is 4.79 Å². The van der Waals surface area contributed by atoms with Crippen LogP contribution in [0.5, 0.6) is 5.75 Å². The second-order valence-corrected chi connectivity index (χ2v) is 3.76. The maximum atomic E-state index is 11.5. The molecule has 6 nitrogen and oxygen atoms in total. The number of rotatable bonds is 4. The first kappa shape index (κ1) is 12.1. The number of hydrogen-bond acceptors (Lipinski definition) is 5. The van der Waals surface area contributed by atoms with Crippen LogP contribution >= 0.6 is 0 Å². The third kappa shape index (κ3) is 2.48. The summed E-state index contributed by atoms with van der Waals surface area (Å²) in [6, 6.07) is 3.80. The van der Waals surface area contributed by atoms with Gasteiger partial charge in [-0.1, -0.05) is 0 Å². The zero-order valence-corrected chi connectivity index (χ0v) is 10.2.